The minimum absolute atomic E-state index is 0.0472. The standard InChI is InChI=1S/C16H16N6OS/c23-15(19-9-13-3-1-8-24-13)14-11-21(16-17-5-2-6-18-16)10-12-4-7-20-22(12)14/h1-8,14H,9-11H2,(H,19,23)/t14-/m0/s1. The molecule has 0 bridgehead atoms. The molecule has 122 valence electrons. The van der Waals surface area contributed by atoms with E-state index in [9.17, 15) is 4.79 Å². The van der Waals surface area contributed by atoms with Gasteiger partial charge in [-0.2, -0.15) is 5.10 Å². The lowest BCUT2D eigenvalue weighted by molar-refractivity contribution is -0.124. The van der Waals surface area contributed by atoms with Gasteiger partial charge in [0.1, 0.15) is 6.04 Å². The van der Waals surface area contributed by atoms with E-state index in [1.54, 1.807) is 40.7 Å². The number of nitrogens with one attached hydrogen (secondary N) is 1. The fourth-order valence-corrected chi connectivity index (χ4v) is 3.44. The number of aromatic nitrogens is 4. The predicted molar refractivity (Wildman–Crippen MR) is 90.5 cm³/mol. The molecule has 0 unspecified atom stereocenters. The van der Waals surface area contributed by atoms with Gasteiger partial charge < -0.3 is 10.2 Å². The van der Waals surface area contributed by atoms with Gasteiger partial charge in [0.2, 0.25) is 11.9 Å². The van der Waals surface area contributed by atoms with E-state index in [4.69, 9.17) is 0 Å². The number of carbonyl (C=O) groups is 1. The van der Waals surface area contributed by atoms with Crippen molar-refractivity contribution in [2.45, 2.75) is 19.1 Å². The van der Waals surface area contributed by atoms with Gasteiger partial charge in [0.25, 0.3) is 0 Å². The Morgan fingerprint density at radius 2 is 2.12 bits per heavy atom. The van der Waals surface area contributed by atoms with E-state index < -0.39 is 6.04 Å². The molecule has 1 N–H and O–H groups in total. The minimum Gasteiger partial charge on any atom is -0.349 e. The minimum atomic E-state index is -0.396. The van der Waals surface area contributed by atoms with Crippen molar-refractivity contribution in [2.24, 2.45) is 0 Å². The highest BCUT2D eigenvalue weighted by atomic mass is 32.1. The molecule has 4 rings (SSSR count). The largest absolute Gasteiger partial charge is 0.349 e. The summed E-state index contributed by atoms with van der Waals surface area (Å²) in [6, 6.07) is 7.30. The first kappa shape index (κ1) is 14.8. The van der Waals surface area contributed by atoms with E-state index in [-0.39, 0.29) is 5.91 Å². The van der Waals surface area contributed by atoms with Gasteiger partial charge in [0.15, 0.2) is 0 Å². The first-order valence-electron chi connectivity index (χ1n) is 7.66. The van der Waals surface area contributed by atoms with Crippen LogP contribution in [0.4, 0.5) is 5.95 Å². The summed E-state index contributed by atoms with van der Waals surface area (Å²) in [7, 11) is 0. The Morgan fingerprint density at radius 1 is 1.25 bits per heavy atom. The Morgan fingerprint density at radius 3 is 2.92 bits per heavy atom. The van der Waals surface area contributed by atoms with E-state index in [0.29, 0.717) is 25.6 Å². The van der Waals surface area contributed by atoms with E-state index in [0.717, 1.165) is 10.6 Å². The molecule has 1 aliphatic rings. The van der Waals surface area contributed by atoms with Crippen LogP contribution in [-0.4, -0.2) is 32.2 Å². The second kappa shape index (κ2) is 6.40. The first-order chi connectivity index (χ1) is 11.8. The van der Waals surface area contributed by atoms with Gasteiger partial charge in [0.05, 0.1) is 25.3 Å². The van der Waals surface area contributed by atoms with E-state index in [1.165, 1.54) is 0 Å². The normalized spacial score (nSPS) is 16.7. The van der Waals surface area contributed by atoms with Crippen LogP contribution in [0.1, 0.15) is 16.6 Å². The molecule has 0 saturated carbocycles. The number of anilines is 1. The fraction of sp³-hybridized carbons (Fsp3) is 0.250. The van der Waals surface area contributed by atoms with Crippen molar-refractivity contribution >= 4 is 23.2 Å². The van der Waals surface area contributed by atoms with Gasteiger partial charge in [-0.25, -0.2) is 9.97 Å². The monoisotopic (exact) mass is 340 g/mol. The third kappa shape index (κ3) is 2.88. The molecule has 1 amide bonds. The summed E-state index contributed by atoms with van der Waals surface area (Å²) in [4.78, 5) is 24.4. The van der Waals surface area contributed by atoms with Gasteiger partial charge in [0, 0.05) is 23.5 Å². The maximum Gasteiger partial charge on any atom is 0.247 e. The molecule has 7 nitrogen and oxygen atoms in total. The highest BCUT2D eigenvalue weighted by molar-refractivity contribution is 7.09. The summed E-state index contributed by atoms with van der Waals surface area (Å²) >= 11 is 1.63. The van der Waals surface area contributed by atoms with Gasteiger partial charge in [-0.3, -0.25) is 9.48 Å². The van der Waals surface area contributed by atoms with Gasteiger partial charge in [-0.05, 0) is 23.6 Å². The molecule has 0 spiro atoms. The Labute approximate surface area is 143 Å². The molecule has 0 aromatic carbocycles. The number of thiophene rings is 1. The Bertz CT molecular complexity index is 816. The van der Waals surface area contributed by atoms with Crippen LogP contribution in [0.25, 0.3) is 0 Å². The Balaban J connectivity index is 1.54. The fourth-order valence-electron chi connectivity index (χ4n) is 2.80. The molecule has 1 atom stereocenters. The first-order valence-corrected chi connectivity index (χ1v) is 8.53. The summed E-state index contributed by atoms with van der Waals surface area (Å²) in [5.74, 6) is 0.579. The number of hydrogen-bond donors (Lipinski definition) is 1. The number of nitrogens with zero attached hydrogens (tertiary/aromatic N) is 5. The average molecular weight is 340 g/mol. The zero-order valence-electron chi connectivity index (χ0n) is 12.9. The van der Waals surface area contributed by atoms with Crippen LogP contribution in [0.3, 0.4) is 0 Å². The van der Waals surface area contributed by atoms with Crippen LogP contribution in [-0.2, 0) is 17.9 Å². The maximum atomic E-state index is 12.7. The van der Waals surface area contributed by atoms with Crippen molar-refractivity contribution in [2.75, 3.05) is 11.4 Å². The highest BCUT2D eigenvalue weighted by Crippen LogP contribution is 2.23. The summed E-state index contributed by atoms with van der Waals surface area (Å²) in [5, 5.41) is 9.33. The maximum absolute atomic E-state index is 12.7. The van der Waals surface area contributed by atoms with E-state index in [2.05, 4.69) is 20.4 Å². The number of carbonyl (C=O) groups excluding carboxylic acids is 1. The molecule has 3 aromatic rings. The van der Waals surface area contributed by atoms with Gasteiger partial charge in [-0.15, -0.1) is 11.3 Å². The van der Waals surface area contributed by atoms with Crippen LogP contribution in [0.5, 0.6) is 0 Å². The van der Waals surface area contributed by atoms with Crippen LogP contribution in [0.15, 0.2) is 48.2 Å². The second-order valence-corrected chi connectivity index (χ2v) is 6.54. The van der Waals surface area contributed by atoms with Crippen molar-refractivity contribution in [1.82, 2.24) is 25.1 Å². The van der Waals surface area contributed by atoms with E-state index >= 15 is 0 Å². The smallest absolute Gasteiger partial charge is 0.247 e. The summed E-state index contributed by atoms with van der Waals surface area (Å²) in [6.07, 6.45) is 5.14. The molecule has 0 saturated heterocycles. The van der Waals surface area contributed by atoms with Crippen LogP contribution in [0, 0.1) is 0 Å². The van der Waals surface area contributed by atoms with E-state index in [1.807, 2.05) is 28.5 Å². The third-order valence-electron chi connectivity index (χ3n) is 3.95. The van der Waals surface area contributed by atoms with Crippen LogP contribution >= 0.6 is 11.3 Å². The predicted octanol–water partition coefficient (Wildman–Crippen LogP) is 1.61. The van der Waals surface area contributed by atoms with Crippen molar-refractivity contribution in [3.8, 4) is 0 Å². The molecule has 4 heterocycles. The van der Waals surface area contributed by atoms with Crippen molar-refractivity contribution < 1.29 is 4.79 Å². The SMILES string of the molecule is O=C(NCc1cccs1)[C@@H]1CN(c2ncccn2)Cc2ccnn21. The molecular formula is C16H16N6OS. The molecule has 8 heteroatoms. The number of fused-ring (bicyclic) bond motifs is 1. The molecule has 0 aliphatic carbocycles. The average Bonchev–Trinajstić information content (AvgIpc) is 3.31. The highest BCUT2D eigenvalue weighted by Gasteiger charge is 2.31. The lowest BCUT2D eigenvalue weighted by atomic mass is 10.2. The lowest BCUT2D eigenvalue weighted by Crippen LogP contribution is -2.45. The van der Waals surface area contributed by atoms with Crippen molar-refractivity contribution in [3.05, 3.63) is 58.8 Å². The Hall–Kier alpha value is -2.74. The zero-order chi connectivity index (χ0) is 16.4. The summed E-state index contributed by atoms with van der Waals surface area (Å²) in [6.45, 7) is 1.67. The summed E-state index contributed by atoms with van der Waals surface area (Å²) in [5.41, 5.74) is 0.977. The molecule has 24 heavy (non-hydrogen) atoms. The molecule has 0 fully saturated rings. The van der Waals surface area contributed by atoms with Gasteiger partial charge in [-0.1, -0.05) is 6.07 Å². The quantitative estimate of drug-likeness (QED) is 0.781. The van der Waals surface area contributed by atoms with Crippen molar-refractivity contribution in [3.63, 3.8) is 0 Å². The van der Waals surface area contributed by atoms with Crippen LogP contribution < -0.4 is 10.2 Å². The lowest BCUT2D eigenvalue weighted by Gasteiger charge is -2.33. The number of rotatable bonds is 4. The Kier molecular flexibility index (Phi) is 3.96. The second-order valence-electron chi connectivity index (χ2n) is 5.51. The van der Waals surface area contributed by atoms with Crippen molar-refractivity contribution in [1.29, 1.82) is 0 Å². The molecule has 1 aliphatic heterocycles. The molecule has 3 aromatic heterocycles. The third-order valence-corrected chi connectivity index (χ3v) is 4.82. The summed E-state index contributed by atoms with van der Waals surface area (Å²) < 4.78 is 1.79. The zero-order valence-corrected chi connectivity index (χ0v) is 13.7. The van der Waals surface area contributed by atoms with Gasteiger partial charge >= 0.3 is 0 Å². The number of hydrogen-bond acceptors (Lipinski definition) is 6. The molecule has 0 radical (unpaired) electrons. The number of amides is 1. The topological polar surface area (TPSA) is 75.9 Å². The van der Waals surface area contributed by atoms with Crippen LogP contribution in [0.2, 0.25) is 0 Å². The molecular weight excluding hydrogens is 324 g/mol.